The van der Waals surface area contributed by atoms with Crippen LogP contribution < -0.4 is 10.9 Å². The Kier molecular flexibility index (Phi) is 3.96. The lowest BCUT2D eigenvalue weighted by molar-refractivity contribution is 0.183. The van der Waals surface area contributed by atoms with Gasteiger partial charge in [-0.3, -0.25) is 9.48 Å². The summed E-state index contributed by atoms with van der Waals surface area (Å²) in [6.07, 6.45) is 4.86. The van der Waals surface area contributed by atoms with Crippen LogP contribution in [0.25, 0.3) is 0 Å². The summed E-state index contributed by atoms with van der Waals surface area (Å²) >= 11 is 5.84. The number of aromatic amines is 1. The van der Waals surface area contributed by atoms with Gasteiger partial charge in [0, 0.05) is 13.3 Å². The molecule has 0 aromatic carbocycles. The first-order valence-corrected chi connectivity index (χ1v) is 5.60. The molecule has 8 heteroatoms. The first kappa shape index (κ1) is 12.6. The van der Waals surface area contributed by atoms with Crippen molar-refractivity contribution < 1.29 is 4.74 Å². The monoisotopic (exact) mass is 269 g/mol. The summed E-state index contributed by atoms with van der Waals surface area (Å²) < 4.78 is 6.67. The second kappa shape index (κ2) is 5.65. The highest BCUT2D eigenvalue weighted by Crippen LogP contribution is 2.19. The van der Waals surface area contributed by atoms with Gasteiger partial charge in [-0.05, 0) is 0 Å². The number of H-pyrrole nitrogens is 1. The van der Waals surface area contributed by atoms with Crippen LogP contribution in [0.2, 0.25) is 5.02 Å². The van der Waals surface area contributed by atoms with E-state index in [4.69, 9.17) is 16.3 Å². The van der Waals surface area contributed by atoms with Crippen molar-refractivity contribution in [2.24, 2.45) is 0 Å². The minimum atomic E-state index is -0.437. The summed E-state index contributed by atoms with van der Waals surface area (Å²) in [5.74, 6) is 0. The van der Waals surface area contributed by atoms with Gasteiger partial charge in [-0.25, -0.2) is 5.10 Å². The van der Waals surface area contributed by atoms with E-state index in [1.807, 2.05) is 0 Å². The molecule has 18 heavy (non-hydrogen) atoms. The van der Waals surface area contributed by atoms with E-state index in [0.717, 1.165) is 5.69 Å². The van der Waals surface area contributed by atoms with Gasteiger partial charge >= 0.3 is 0 Å². The Labute approximate surface area is 108 Å². The lowest BCUT2D eigenvalue weighted by Gasteiger charge is -2.03. The zero-order valence-electron chi connectivity index (χ0n) is 9.68. The fourth-order valence-corrected chi connectivity index (χ4v) is 1.50. The van der Waals surface area contributed by atoms with Crippen LogP contribution in [0.1, 0.15) is 0 Å². The summed E-state index contributed by atoms with van der Waals surface area (Å²) in [4.78, 5) is 11.2. The number of methoxy groups -OCH3 is 1. The molecule has 0 aliphatic rings. The van der Waals surface area contributed by atoms with Crippen LogP contribution in [0.3, 0.4) is 0 Å². The number of nitrogens with one attached hydrogen (secondary N) is 2. The standard InChI is InChI=1S/C10H12ClN5O2/c1-18-3-2-16-6-7(4-13-16)14-8-5-12-15-10(17)9(8)11/h4-6H,2-3H2,1H3,(H2,14,15,17). The Morgan fingerprint density at radius 1 is 1.56 bits per heavy atom. The van der Waals surface area contributed by atoms with Gasteiger partial charge in [0.05, 0.1) is 36.9 Å². The van der Waals surface area contributed by atoms with Crippen LogP contribution in [0.15, 0.2) is 23.4 Å². The number of rotatable bonds is 5. The fourth-order valence-electron chi connectivity index (χ4n) is 1.36. The highest BCUT2D eigenvalue weighted by Gasteiger charge is 2.06. The van der Waals surface area contributed by atoms with Crippen LogP contribution in [-0.2, 0) is 11.3 Å². The van der Waals surface area contributed by atoms with Crippen LogP contribution in [0.5, 0.6) is 0 Å². The van der Waals surface area contributed by atoms with Gasteiger partial charge < -0.3 is 10.1 Å². The minimum Gasteiger partial charge on any atom is -0.383 e. The summed E-state index contributed by atoms with van der Waals surface area (Å²) in [5.41, 5.74) is 0.723. The van der Waals surface area contributed by atoms with E-state index in [-0.39, 0.29) is 5.02 Å². The SMILES string of the molecule is COCCn1cc(Nc2cn[nH]c(=O)c2Cl)cn1. The van der Waals surface area contributed by atoms with E-state index in [1.54, 1.807) is 24.2 Å². The molecule has 0 spiro atoms. The zero-order chi connectivity index (χ0) is 13.0. The van der Waals surface area contributed by atoms with Crippen molar-refractivity contribution in [1.29, 1.82) is 0 Å². The Bertz CT molecular complexity index is 580. The van der Waals surface area contributed by atoms with E-state index in [9.17, 15) is 4.79 Å². The second-order valence-electron chi connectivity index (χ2n) is 3.54. The molecular formula is C10H12ClN5O2. The Hall–Kier alpha value is -1.86. The van der Waals surface area contributed by atoms with Crippen molar-refractivity contribution in [2.45, 2.75) is 6.54 Å². The maximum absolute atomic E-state index is 11.2. The van der Waals surface area contributed by atoms with Gasteiger partial charge in [-0.15, -0.1) is 0 Å². The average molecular weight is 270 g/mol. The van der Waals surface area contributed by atoms with Crippen LogP contribution >= 0.6 is 11.6 Å². The molecule has 0 bridgehead atoms. The molecule has 0 atom stereocenters. The molecule has 0 amide bonds. The van der Waals surface area contributed by atoms with Crippen LogP contribution in [0.4, 0.5) is 11.4 Å². The van der Waals surface area contributed by atoms with E-state index < -0.39 is 5.56 Å². The van der Waals surface area contributed by atoms with Gasteiger partial charge in [0.2, 0.25) is 0 Å². The van der Waals surface area contributed by atoms with Crippen molar-refractivity contribution in [3.05, 3.63) is 34.0 Å². The molecule has 0 radical (unpaired) electrons. The molecule has 0 saturated heterocycles. The molecule has 2 rings (SSSR count). The van der Waals surface area contributed by atoms with Gasteiger partial charge in [0.15, 0.2) is 0 Å². The van der Waals surface area contributed by atoms with Gasteiger partial charge in [0.25, 0.3) is 5.56 Å². The number of ether oxygens (including phenoxy) is 1. The van der Waals surface area contributed by atoms with E-state index in [2.05, 4.69) is 20.6 Å². The average Bonchev–Trinajstić information content (AvgIpc) is 2.80. The highest BCUT2D eigenvalue weighted by atomic mass is 35.5. The topological polar surface area (TPSA) is 84.8 Å². The van der Waals surface area contributed by atoms with Gasteiger partial charge in [-0.1, -0.05) is 11.6 Å². The molecule has 2 N–H and O–H groups in total. The second-order valence-corrected chi connectivity index (χ2v) is 3.91. The number of anilines is 2. The lowest BCUT2D eigenvalue weighted by atomic mass is 10.4. The van der Waals surface area contributed by atoms with Crippen molar-refractivity contribution in [3.8, 4) is 0 Å². The zero-order valence-corrected chi connectivity index (χ0v) is 10.4. The smallest absolute Gasteiger partial charge is 0.285 e. The Morgan fingerprint density at radius 3 is 3.17 bits per heavy atom. The molecule has 2 aromatic heterocycles. The van der Waals surface area contributed by atoms with Gasteiger partial charge in [-0.2, -0.15) is 10.2 Å². The minimum absolute atomic E-state index is 0.0645. The molecule has 2 aromatic rings. The maximum atomic E-state index is 11.2. The fraction of sp³-hybridized carbons (Fsp3) is 0.300. The van der Waals surface area contributed by atoms with E-state index in [0.29, 0.717) is 18.8 Å². The third kappa shape index (κ3) is 2.88. The third-order valence-electron chi connectivity index (χ3n) is 2.23. The van der Waals surface area contributed by atoms with Crippen LogP contribution in [-0.4, -0.2) is 33.7 Å². The third-order valence-corrected chi connectivity index (χ3v) is 2.61. The summed E-state index contributed by atoms with van der Waals surface area (Å²) in [7, 11) is 1.63. The first-order valence-electron chi connectivity index (χ1n) is 5.22. The van der Waals surface area contributed by atoms with Crippen molar-refractivity contribution in [3.63, 3.8) is 0 Å². The molecule has 7 nitrogen and oxygen atoms in total. The normalized spacial score (nSPS) is 10.6. The molecule has 0 fully saturated rings. The number of hydrogen-bond donors (Lipinski definition) is 2. The first-order chi connectivity index (χ1) is 8.70. The predicted octanol–water partition coefficient (Wildman–Crippen LogP) is 1.01. The Morgan fingerprint density at radius 2 is 2.39 bits per heavy atom. The quantitative estimate of drug-likeness (QED) is 0.846. The summed E-state index contributed by atoms with van der Waals surface area (Å²) in [5, 5.41) is 13.1. The lowest BCUT2D eigenvalue weighted by Crippen LogP contribution is -2.10. The van der Waals surface area contributed by atoms with Crippen molar-refractivity contribution >= 4 is 23.0 Å². The number of halogens is 1. The molecule has 0 unspecified atom stereocenters. The highest BCUT2D eigenvalue weighted by molar-refractivity contribution is 6.33. The summed E-state index contributed by atoms with van der Waals surface area (Å²) in [6, 6.07) is 0. The maximum Gasteiger partial charge on any atom is 0.285 e. The van der Waals surface area contributed by atoms with Crippen molar-refractivity contribution in [2.75, 3.05) is 19.0 Å². The number of nitrogens with zero attached hydrogens (tertiary/aromatic N) is 3. The van der Waals surface area contributed by atoms with Crippen molar-refractivity contribution in [1.82, 2.24) is 20.0 Å². The Balaban J connectivity index is 2.11. The van der Waals surface area contributed by atoms with E-state index in [1.165, 1.54) is 6.20 Å². The summed E-state index contributed by atoms with van der Waals surface area (Å²) in [6.45, 7) is 1.23. The molecule has 0 aliphatic carbocycles. The molecule has 96 valence electrons. The van der Waals surface area contributed by atoms with Gasteiger partial charge in [0.1, 0.15) is 5.02 Å². The van der Waals surface area contributed by atoms with Crippen LogP contribution in [0, 0.1) is 0 Å². The number of aromatic nitrogens is 4. The number of hydrogen-bond acceptors (Lipinski definition) is 5. The predicted molar refractivity (Wildman–Crippen MR) is 67.3 cm³/mol. The molecule has 0 aliphatic heterocycles. The molecular weight excluding hydrogens is 258 g/mol. The molecule has 2 heterocycles. The molecule has 0 saturated carbocycles. The van der Waals surface area contributed by atoms with E-state index >= 15 is 0 Å². The largest absolute Gasteiger partial charge is 0.383 e.